The smallest absolute Gasteiger partial charge is 0.273 e. The quantitative estimate of drug-likeness (QED) is 0.377. The lowest BCUT2D eigenvalue weighted by atomic mass is 10.1. The van der Waals surface area contributed by atoms with Gasteiger partial charge in [-0.15, -0.1) is 0 Å². The van der Waals surface area contributed by atoms with E-state index < -0.39 is 10.8 Å². The maximum absolute atomic E-state index is 12.0. The normalized spacial score (nSPS) is 10.6. The molecule has 0 aliphatic heterocycles. The van der Waals surface area contributed by atoms with Crippen LogP contribution in [0.5, 0.6) is 0 Å². The number of benzene rings is 2. The highest BCUT2D eigenvalue weighted by molar-refractivity contribution is 5.99. The van der Waals surface area contributed by atoms with Crippen LogP contribution in [0.1, 0.15) is 15.9 Å². The van der Waals surface area contributed by atoms with E-state index in [0.717, 1.165) is 5.69 Å². The number of rotatable bonds is 5. The first-order chi connectivity index (χ1) is 11.4. The van der Waals surface area contributed by atoms with Gasteiger partial charge in [-0.3, -0.25) is 14.9 Å². The van der Waals surface area contributed by atoms with E-state index in [1.165, 1.54) is 18.3 Å². The molecule has 2 aromatic rings. The molecule has 0 radical (unpaired) electrons. The van der Waals surface area contributed by atoms with Gasteiger partial charge in [0.2, 0.25) is 0 Å². The Balaban J connectivity index is 2.22. The lowest BCUT2D eigenvalue weighted by Gasteiger charge is -2.14. The van der Waals surface area contributed by atoms with Gasteiger partial charge < -0.3 is 10.6 Å². The van der Waals surface area contributed by atoms with Crippen molar-refractivity contribution in [3.63, 3.8) is 0 Å². The molecule has 2 rings (SSSR count). The first kappa shape index (κ1) is 16.9. The molecular weight excluding hydrogens is 310 g/mol. The van der Waals surface area contributed by atoms with Crippen LogP contribution in [0.15, 0.2) is 47.6 Å². The topological polar surface area (TPSA) is 114 Å². The number of hydrogen-bond donors (Lipinski definition) is 2. The SMILES string of the molecule is CN(C)c1ccc([N+](=O)[O-])cc1/C=N\NC(=O)c1ccccc1N. The molecule has 8 heteroatoms. The molecule has 0 bridgehead atoms. The molecule has 0 spiro atoms. The van der Waals surface area contributed by atoms with Crippen LogP contribution >= 0.6 is 0 Å². The zero-order chi connectivity index (χ0) is 17.7. The number of carbonyl (C=O) groups excluding carboxylic acids is 1. The van der Waals surface area contributed by atoms with E-state index in [1.807, 2.05) is 14.1 Å². The van der Waals surface area contributed by atoms with Gasteiger partial charge in [-0.05, 0) is 18.2 Å². The largest absolute Gasteiger partial charge is 0.398 e. The predicted molar refractivity (Wildman–Crippen MR) is 93.3 cm³/mol. The summed E-state index contributed by atoms with van der Waals surface area (Å²) in [7, 11) is 3.61. The summed E-state index contributed by atoms with van der Waals surface area (Å²) in [6.07, 6.45) is 1.36. The van der Waals surface area contributed by atoms with Crippen molar-refractivity contribution >= 4 is 29.2 Å². The summed E-state index contributed by atoms with van der Waals surface area (Å²) in [6, 6.07) is 11.0. The second-order valence-electron chi connectivity index (χ2n) is 5.18. The lowest BCUT2D eigenvalue weighted by Crippen LogP contribution is -2.19. The molecule has 8 nitrogen and oxygen atoms in total. The summed E-state index contributed by atoms with van der Waals surface area (Å²) in [6.45, 7) is 0. The van der Waals surface area contributed by atoms with Crippen LogP contribution < -0.4 is 16.1 Å². The van der Waals surface area contributed by atoms with E-state index in [0.29, 0.717) is 16.8 Å². The molecule has 0 aliphatic carbocycles. The number of nitrogens with one attached hydrogen (secondary N) is 1. The zero-order valence-electron chi connectivity index (χ0n) is 13.3. The minimum absolute atomic E-state index is 0.0549. The van der Waals surface area contributed by atoms with Crippen molar-refractivity contribution in [3.05, 3.63) is 63.7 Å². The predicted octanol–water partition coefficient (Wildman–Crippen LogP) is 2.01. The van der Waals surface area contributed by atoms with E-state index in [-0.39, 0.29) is 5.69 Å². The fourth-order valence-electron chi connectivity index (χ4n) is 2.09. The molecule has 1 amide bonds. The number of hydrazone groups is 1. The average Bonchev–Trinajstić information content (AvgIpc) is 2.54. The number of para-hydroxylation sites is 1. The van der Waals surface area contributed by atoms with E-state index >= 15 is 0 Å². The summed E-state index contributed by atoms with van der Waals surface area (Å²) >= 11 is 0. The molecule has 0 fully saturated rings. The van der Waals surface area contributed by atoms with Gasteiger partial charge in [0.05, 0.1) is 16.7 Å². The van der Waals surface area contributed by atoms with E-state index in [9.17, 15) is 14.9 Å². The number of nitrogen functional groups attached to an aromatic ring is 1. The molecule has 2 aromatic carbocycles. The third-order valence-electron chi connectivity index (χ3n) is 3.28. The number of carbonyl (C=O) groups is 1. The van der Waals surface area contributed by atoms with Gasteiger partial charge in [-0.1, -0.05) is 12.1 Å². The highest BCUT2D eigenvalue weighted by atomic mass is 16.6. The van der Waals surface area contributed by atoms with Gasteiger partial charge in [0.1, 0.15) is 0 Å². The number of nitro groups is 1. The average molecular weight is 327 g/mol. The third-order valence-corrected chi connectivity index (χ3v) is 3.28. The van der Waals surface area contributed by atoms with Crippen LogP contribution in [0.25, 0.3) is 0 Å². The molecule has 124 valence electrons. The lowest BCUT2D eigenvalue weighted by molar-refractivity contribution is -0.384. The Morgan fingerprint density at radius 1 is 1.29 bits per heavy atom. The Morgan fingerprint density at radius 2 is 2.00 bits per heavy atom. The van der Waals surface area contributed by atoms with Crippen molar-refractivity contribution in [1.82, 2.24) is 5.43 Å². The molecule has 0 aromatic heterocycles. The highest BCUT2D eigenvalue weighted by Crippen LogP contribution is 2.22. The molecule has 3 N–H and O–H groups in total. The number of nitro benzene ring substituents is 1. The standard InChI is InChI=1S/C16H17N5O3/c1-20(2)15-8-7-12(21(23)24)9-11(15)10-18-19-16(22)13-5-3-4-6-14(13)17/h3-10H,17H2,1-2H3,(H,19,22)/b18-10-. The van der Waals surface area contributed by atoms with Crippen LogP contribution in [-0.2, 0) is 0 Å². The molecule has 0 unspecified atom stereocenters. The molecule has 0 saturated heterocycles. The van der Waals surface area contributed by atoms with Gasteiger partial charge in [-0.2, -0.15) is 5.10 Å². The van der Waals surface area contributed by atoms with Gasteiger partial charge >= 0.3 is 0 Å². The Hall–Kier alpha value is -3.42. The number of nitrogens with zero attached hydrogens (tertiary/aromatic N) is 3. The van der Waals surface area contributed by atoms with Gasteiger partial charge in [0.15, 0.2) is 0 Å². The molecule has 0 atom stereocenters. The molecule has 24 heavy (non-hydrogen) atoms. The summed E-state index contributed by atoms with van der Waals surface area (Å²) in [4.78, 5) is 24.2. The monoisotopic (exact) mass is 327 g/mol. The minimum atomic E-state index is -0.486. The number of non-ortho nitro benzene ring substituents is 1. The minimum Gasteiger partial charge on any atom is -0.398 e. The van der Waals surface area contributed by atoms with Gasteiger partial charge in [-0.25, -0.2) is 5.43 Å². The summed E-state index contributed by atoms with van der Waals surface area (Å²) in [5, 5.41) is 14.8. The van der Waals surface area contributed by atoms with Crippen LogP contribution in [0, 0.1) is 10.1 Å². The fourth-order valence-corrected chi connectivity index (χ4v) is 2.09. The van der Waals surface area contributed by atoms with Crippen molar-refractivity contribution in [2.45, 2.75) is 0 Å². The van der Waals surface area contributed by atoms with Crippen molar-refractivity contribution in [3.8, 4) is 0 Å². The molecule has 0 saturated carbocycles. The number of nitrogens with two attached hydrogens (primary N) is 1. The Morgan fingerprint density at radius 3 is 2.62 bits per heavy atom. The van der Waals surface area contributed by atoms with Crippen molar-refractivity contribution in [2.24, 2.45) is 5.10 Å². The summed E-state index contributed by atoms with van der Waals surface area (Å²) < 4.78 is 0. The zero-order valence-corrected chi connectivity index (χ0v) is 13.3. The van der Waals surface area contributed by atoms with Crippen LogP contribution in [-0.4, -0.2) is 31.1 Å². The molecule has 0 heterocycles. The van der Waals surface area contributed by atoms with Crippen LogP contribution in [0.4, 0.5) is 17.1 Å². The molecule has 0 aliphatic rings. The first-order valence-electron chi connectivity index (χ1n) is 7.04. The van der Waals surface area contributed by atoms with E-state index in [1.54, 1.807) is 35.2 Å². The second kappa shape index (κ2) is 7.23. The van der Waals surface area contributed by atoms with Crippen molar-refractivity contribution in [1.29, 1.82) is 0 Å². The van der Waals surface area contributed by atoms with Crippen molar-refractivity contribution < 1.29 is 9.72 Å². The second-order valence-corrected chi connectivity index (χ2v) is 5.18. The number of hydrogen-bond acceptors (Lipinski definition) is 6. The summed E-state index contributed by atoms with van der Waals surface area (Å²) in [5.41, 5.74) is 9.93. The third kappa shape index (κ3) is 3.86. The fraction of sp³-hybridized carbons (Fsp3) is 0.125. The Labute approximate surface area is 138 Å². The number of anilines is 2. The summed E-state index contributed by atoms with van der Waals surface area (Å²) in [5.74, 6) is -0.457. The molecular formula is C16H17N5O3. The van der Waals surface area contributed by atoms with Gasteiger partial charge in [0.25, 0.3) is 11.6 Å². The van der Waals surface area contributed by atoms with E-state index in [4.69, 9.17) is 5.73 Å². The maximum Gasteiger partial charge on any atom is 0.273 e. The Kier molecular flexibility index (Phi) is 5.10. The van der Waals surface area contributed by atoms with Crippen LogP contribution in [0.3, 0.4) is 0 Å². The number of amides is 1. The highest BCUT2D eigenvalue weighted by Gasteiger charge is 2.11. The maximum atomic E-state index is 12.0. The van der Waals surface area contributed by atoms with Crippen LogP contribution in [0.2, 0.25) is 0 Å². The Bertz CT molecular complexity index is 802. The first-order valence-corrected chi connectivity index (χ1v) is 7.04. The van der Waals surface area contributed by atoms with E-state index in [2.05, 4.69) is 10.5 Å². The van der Waals surface area contributed by atoms with Gasteiger partial charge in [0, 0.05) is 43.2 Å². The van der Waals surface area contributed by atoms with Crippen molar-refractivity contribution in [2.75, 3.05) is 24.7 Å².